The maximum atomic E-state index is 13.1. The molecule has 0 saturated carbocycles. The van der Waals surface area contributed by atoms with Gasteiger partial charge in [-0.3, -0.25) is 14.2 Å². The highest BCUT2D eigenvalue weighted by molar-refractivity contribution is 5.97. The van der Waals surface area contributed by atoms with Crippen molar-refractivity contribution < 1.29 is 42.5 Å². The molecule has 0 spiro atoms. The normalized spacial score (nSPS) is 16.3. The number of benzene rings is 2. The number of carbonyl (C=O) groups is 3. The van der Waals surface area contributed by atoms with Gasteiger partial charge in [-0.1, -0.05) is 36.4 Å². The molecule has 2 fully saturated rings. The van der Waals surface area contributed by atoms with Gasteiger partial charge in [0.05, 0.1) is 36.3 Å². The van der Waals surface area contributed by atoms with E-state index in [1.165, 1.54) is 4.90 Å². The molecule has 0 unspecified atom stereocenters. The minimum atomic E-state index is -5.08. The van der Waals surface area contributed by atoms with Gasteiger partial charge in [-0.15, -0.1) is 0 Å². The molecule has 5 aromatic rings. The Morgan fingerprint density at radius 1 is 0.880 bits per heavy atom. The molecule has 2 aliphatic rings. The number of ether oxygens (including phenoxy) is 1. The summed E-state index contributed by atoms with van der Waals surface area (Å²) >= 11 is 0. The molecule has 2 N–H and O–H groups in total. The molecule has 15 heteroatoms. The van der Waals surface area contributed by atoms with Crippen LogP contribution < -0.4 is 4.90 Å². The molecular weight excluding hydrogens is 657 g/mol. The molecule has 0 bridgehead atoms. The maximum Gasteiger partial charge on any atom is 0.490 e. The summed E-state index contributed by atoms with van der Waals surface area (Å²) in [7, 11) is 0. The van der Waals surface area contributed by atoms with Crippen LogP contribution in [0.1, 0.15) is 34.6 Å². The number of alkyl halides is 3. The van der Waals surface area contributed by atoms with E-state index < -0.39 is 24.2 Å². The summed E-state index contributed by atoms with van der Waals surface area (Å²) in [6.45, 7) is 3.24. The standard InChI is InChI=1S/C33H32N6O4.C2HF3O2/c40-32(38-15-3-6-28(38)33(41)42)24-9-7-23(8-10-24)29-20-34-30(37-16-18-43-19-17-37)31-36-26(21-39(29)31)14-13-25-12-11-22-4-1-2-5-27(22)35-25;3-2(4,5)1(6)7/h1-2,4-5,7-12,20-21,28H,3,6,13-19H2,(H,41,42);(H,6,7)/t28-;/m0./s1. The zero-order valence-electron chi connectivity index (χ0n) is 26.7. The molecule has 260 valence electrons. The fraction of sp³-hybridized carbons (Fsp3) is 0.314. The molecule has 1 atom stereocenters. The van der Waals surface area contributed by atoms with Crippen LogP contribution in [0.2, 0.25) is 0 Å². The lowest BCUT2D eigenvalue weighted by Crippen LogP contribution is -2.40. The predicted octanol–water partition coefficient (Wildman–Crippen LogP) is 4.89. The van der Waals surface area contributed by atoms with Gasteiger partial charge in [-0.05, 0) is 49.9 Å². The van der Waals surface area contributed by atoms with E-state index in [0.29, 0.717) is 38.2 Å². The van der Waals surface area contributed by atoms with E-state index in [4.69, 9.17) is 29.6 Å². The Kier molecular flexibility index (Phi) is 9.95. The summed E-state index contributed by atoms with van der Waals surface area (Å²) in [6, 6.07) is 18.9. The third-order valence-corrected chi connectivity index (χ3v) is 8.60. The molecule has 3 aromatic heterocycles. The number of aliphatic carboxylic acids is 2. The van der Waals surface area contributed by atoms with Crippen molar-refractivity contribution >= 4 is 40.2 Å². The molecule has 2 aliphatic heterocycles. The quantitative estimate of drug-likeness (QED) is 0.242. The summed E-state index contributed by atoms with van der Waals surface area (Å²) in [5, 5.41) is 17.8. The number of amides is 1. The molecule has 7 rings (SSSR count). The van der Waals surface area contributed by atoms with E-state index in [0.717, 1.165) is 70.9 Å². The zero-order chi connectivity index (χ0) is 35.4. The number of para-hydroxylation sites is 1. The average molecular weight is 691 g/mol. The van der Waals surface area contributed by atoms with Crippen LogP contribution in [0.3, 0.4) is 0 Å². The predicted molar refractivity (Wildman–Crippen MR) is 176 cm³/mol. The summed E-state index contributed by atoms with van der Waals surface area (Å²) in [5.74, 6) is -3.15. The van der Waals surface area contributed by atoms with Crippen molar-refractivity contribution in [3.05, 3.63) is 90.0 Å². The van der Waals surface area contributed by atoms with Crippen molar-refractivity contribution in [2.75, 3.05) is 37.7 Å². The lowest BCUT2D eigenvalue weighted by Gasteiger charge is -2.28. The first-order valence-corrected chi connectivity index (χ1v) is 16.0. The number of morpholine rings is 1. The van der Waals surface area contributed by atoms with Crippen LogP contribution in [0.15, 0.2) is 73.1 Å². The molecule has 1 amide bonds. The van der Waals surface area contributed by atoms with Crippen LogP contribution in [0.25, 0.3) is 27.8 Å². The van der Waals surface area contributed by atoms with Gasteiger partial charge in [-0.25, -0.2) is 19.6 Å². The number of hydrogen-bond donors (Lipinski definition) is 2. The number of likely N-dealkylation sites (tertiary alicyclic amines) is 1. The highest BCUT2D eigenvalue weighted by atomic mass is 19.4. The number of imidazole rings is 1. The molecule has 2 saturated heterocycles. The highest BCUT2D eigenvalue weighted by Crippen LogP contribution is 2.28. The van der Waals surface area contributed by atoms with Gasteiger partial charge in [0.25, 0.3) is 5.91 Å². The first-order valence-electron chi connectivity index (χ1n) is 16.0. The highest BCUT2D eigenvalue weighted by Gasteiger charge is 2.38. The van der Waals surface area contributed by atoms with E-state index >= 15 is 0 Å². The smallest absolute Gasteiger partial charge is 0.480 e. The van der Waals surface area contributed by atoms with Crippen molar-refractivity contribution in [2.24, 2.45) is 0 Å². The van der Waals surface area contributed by atoms with Crippen LogP contribution >= 0.6 is 0 Å². The average Bonchev–Trinajstić information content (AvgIpc) is 3.79. The van der Waals surface area contributed by atoms with Gasteiger partial charge in [0.15, 0.2) is 11.5 Å². The lowest BCUT2D eigenvalue weighted by atomic mass is 10.1. The fourth-order valence-corrected chi connectivity index (χ4v) is 6.06. The monoisotopic (exact) mass is 690 g/mol. The molecule has 0 aliphatic carbocycles. The van der Waals surface area contributed by atoms with Crippen LogP contribution in [0.5, 0.6) is 0 Å². The van der Waals surface area contributed by atoms with Gasteiger partial charge in [0.1, 0.15) is 6.04 Å². The van der Waals surface area contributed by atoms with Gasteiger partial charge >= 0.3 is 18.1 Å². The Balaban J connectivity index is 0.000000561. The number of aryl methyl sites for hydroxylation is 2. The van der Waals surface area contributed by atoms with Crippen molar-refractivity contribution in [1.82, 2.24) is 24.3 Å². The van der Waals surface area contributed by atoms with Gasteiger partial charge in [-0.2, -0.15) is 13.2 Å². The minimum Gasteiger partial charge on any atom is -0.480 e. The zero-order valence-corrected chi connectivity index (χ0v) is 26.7. The Morgan fingerprint density at radius 3 is 2.28 bits per heavy atom. The van der Waals surface area contributed by atoms with Crippen LogP contribution in [-0.2, 0) is 27.2 Å². The van der Waals surface area contributed by atoms with E-state index in [9.17, 15) is 27.9 Å². The minimum absolute atomic E-state index is 0.255. The second-order valence-electron chi connectivity index (χ2n) is 11.9. The third-order valence-electron chi connectivity index (χ3n) is 8.60. The molecular formula is C35H33F3N6O6. The fourth-order valence-electron chi connectivity index (χ4n) is 6.06. The number of anilines is 1. The summed E-state index contributed by atoms with van der Waals surface area (Å²) in [5.41, 5.74) is 5.95. The van der Waals surface area contributed by atoms with Crippen molar-refractivity contribution in [3.63, 3.8) is 0 Å². The summed E-state index contributed by atoms with van der Waals surface area (Å²) in [4.78, 5) is 52.0. The van der Waals surface area contributed by atoms with Crippen molar-refractivity contribution in [2.45, 2.75) is 37.9 Å². The second kappa shape index (κ2) is 14.5. The van der Waals surface area contributed by atoms with Crippen LogP contribution in [0, 0.1) is 0 Å². The van der Waals surface area contributed by atoms with E-state index in [-0.39, 0.29) is 5.91 Å². The Bertz CT molecular complexity index is 2030. The Hall–Kier alpha value is -5.57. The third kappa shape index (κ3) is 7.52. The number of aromatic nitrogens is 4. The van der Waals surface area contributed by atoms with Gasteiger partial charge in [0, 0.05) is 48.0 Å². The topological polar surface area (TPSA) is 150 Å². The Labute approximate surface area is 283 Å². The first kappa shape index (κ1) is 34.3. The van der Waals surface area contributed by atoms with E-state index in [2.05, 4.69) is 33.7 Å². The molecule has 0 radical (unpaired) electrons. The molecule has 2 aromatic carbocycles. The number of rotatable bonds is 7. The van der Waals surface area contributed by atoms with Crippen LogP contribution in [0.4, 0.5) is 19.0 Å². The van der Waals surface area contributed by atoms with Gasteiger partial charge < -0.3 is 24.7 Å². The number of pyridine rings is 1. The number of nitrogens with zero attached hydrogens (tertiary/aromatic N) is 6. The number of fused-ring (bicyclic) bond motifs is 2. The maximum absolute atomic E-state index is 13.1. The number of carboxylic acids is 2. The lowest BCUT2D eigenvalue weighted by molar-refractivity contribution is -0.192. The van der Waals surface area contributed by atoms with E-state index in [1.807, 2.05) is 36.5 Å². The molecule has 5 heterocycles. The summed E-state index contributed by atoms with van der Waals surface area (Å²) < 4.78 is 39.4. The SMILES string of the molecule is O=C(O)C(F)(F)F.O=C(O)[C@@H]1CCCN1C(=O)c1ccc(-c2cnc(N3CCOCC3)c3nc(CCc4ccc5ccccc5n4)cn23)cc1. The van der Waals surface area contributed by atoms with Gasteiger partial charge in [0.2, 0.25) is 0 Å². The molecule has 50 heavy (non-hydrogen) atoms. The Morgan fingerprint density at radius 2 is 1.58 bits per heavy atom. The first-order chi connectivity index (χ1) is 24.0. The van der Waals surface area contributed by atoms with Crippen LogP contribution in [-0.4, -0.2) is 97.4 Å². The number of carbonyl (C=O) groups excluding carboxylic acids is 1. The van der Waals surface area contributed by atoms with E-state index in [1.54, 1.807) is 12.1 Å². The number of carboxylic acid groups (broad SMARTS) is 2. The number of halogens is 3. The second-order valence-corrected chi connectivity index (χ2v) is 11.9. The largest absolute Gasteiger partial charge is 0.490 e. The summed E-state index contributed by atoms with van der Waals surface area (Å²) in [6.07, 6.45) is 1.50. The van der Waals surface area contributed by atoms with Crippen molar-refractivity contribution in [1.29, 1.82) is 0 Å². The van der Waals surface area contributed by atoms with Crippen molar-refractivity contribution in [3.8, 4) is 11.3 Å². The number of hydrogen-bond acceptors (Lipinski definition) is 8. The molecule has 12 nitrogen and oxygen atoms in total.